The second-order valence-corrected chi connectivity index (χ2v) is 4.88. The molecule has 0 atom stereocenters. The molecule has 3 N–H and O–H groups in total. The first kappa shape index (κ1) is 14.3. The third-order valence-corrected chi connectivity index (χ3v) is 2.72. The molecule has 0 aliphatic rings. The number of aliphatic carboxylic acids is 1. The Kier molecular flexibility index (Phi) is 4.55. The zero-order valence-electron chi connectivity index (χ0n) is 10.2. The van der Waals surface area contributed by atoms with E-state index in [4.69, 9.17) is 16.7 Å². The first-order valence-electron chi connectivity index (χ1n) is 5.36. The summed E-state index contributed by atoms with van der Waals surface area (Å²) in [4.78, 5) is 22.4. The number of para-hydroxylation sites is 1. The molecule has 0 radical (unpaired) electrons. The second kappa shape index (κ2) is 5.73. The van der Waals surface area contributed by atoms with Crippen molar-refractivity contribution in [1.82, 2.24) is 5.32 Å². The lowest BCUT2D eigenvalue weighted by atomic mass is 9.94. The molecular weight excluding hydrogens is 256 g/mol. The van der Waals surface area contributed by atoms with Crippen LogP contribution in [0.3, 0.4) is 0 Å². The summed E-state index contributed by atoms with van der Waals surface area (Å²) in [7, 11) is 0. The van der Waals surface area contributed by atoms with E-state index in [1.165, 1.54) is 13.8 Å². The normalized spacial score (nSPS) is 10.8. The third-order valence-electron chi connectivity index (χ3n) is 2.39. The summed E-state index contributed by atoms with van der Waals surface area (Å²) < 4.78 is 0. The Morgan fingerprint density at radius 1 is 1.33 bits per heavy atom. The maximum atomic E-state index is 11.6. The molecule has 1 aromatic rings. The molecule has 0 spiro atoms. The number of carbonyl (C=O) groups is 2. The number of amides is 2. The molecule has 0 saturated carbocycles. The molecule has 0 aliphatic heterocycles. The maximum absolute atomic E-state index is 11.6. The van der Waals surface area contributed by atoms with Crippen LogP contribution < -0.4 is 10.6 Å². The minimum Gasteiger partial charge on any atom is -0.481 e. The summed E-state index contributed by atoms with van der Waals surface area (Å²) in [6, 6.07) is 6.31. The van der Waals surface area contributed by atoms with Crippen LogP contribution in [0.4, 0.5) is 10.5 Å². The number of carbonyl (C=O) groups excluding carboxylic acids is 1. The van der Waals surface area contributed by atoms with Gasteiger partial charge >= 0.3 is 12.0 Å². The van der Waals surface area contributed by atoms with Crippen molar-refractivity contribution in [1.29, 1.82) is 0 Å². The number of nitrogens with one attached hydrogen (secondary N) is 2. The molecule has 0 aromatic heterocycles. The van der Waals surface area contributed by atoms with Gasteiger partial charge in [-0.25, -0.2) is 4.79 Å². The van der Waals surface area contributed by atoms with Crippen molar-refractivity contribution in [2.45, 2.75) is 13.8 Å². The number of halogens is 1. The highest BCUT2D eigenvalue weighted by Crippen LogP contribution is 2.20. The van der Waals surface area contributed by atoms with E-state index < -0.39 is 17.4 Å². The number of carboxylic acid groups (broad SMARTS) is 1. The van der Waals surface area contributed by atoms with Gasteiger partial charge in [-0.3, -0.25) is 4.79 Å². The van der Waals surface area contributed by atoms with E-state index >= 15 is 0 Å². The quantitative estimate of drug-likeness (QED) is 0.787. The zero-order chi connectivity index (χ0) is 13.8. The minimum absolute atomic E-state index is 0.0264. The molecule has 2 amide bonds. The molecule has 0 saturated heterocycles. The first-order valence-corrected chi connectivity index (χ1v) is 5.73. The lowest BCUT2D eigenvalue weighted by Crippen LogP contribution is -2.40. The lowest BCUT2D eigenvalue weighted by molar-refractivity contribution is -0.146. The van der Waals surface area contributed by atoms with Gasteiger partial charge in [0.2, 0.25) is 0 Å². The van der Waals surface area contributed by atoms with E-state index in [2.05, 4.69) is 10.6 Å². The monoisotopic (exact) mass is 270 g/mol. The van der Waals surface area contributed by atoms with Gasteiger partial charge in [0.05, 0.1) is 16.1 Å². The Morgan fingerprint density at radius 2 is 1.94 bits per heavy atom. The van der Waals surface area contributed by atoms with Crippen LogP contribution in [0.1, 0.15) is 13.8 Å². The highest BCUT2D eigenvalue weighted by atomic mass is 35.5. The highest BCUT2D eigenvalue weighted by molar-refractivity contribution is 6.33. The standard InChI is InChI=1S/C12H15ClN2O3/c1-12(2,10(16)17)7-14-11(18)15-9-6-4-3-5-8(9)13/h3-6H,7H2,1-2H3,(H,16,17)(H2,14,15,18). The van der Waals surface area contributed by atoms with Gasteiger partial charge in [-0.2, -0.15) is 0 Å². The summed E-state index contributed by atoms with van der Waals surface area (Å²) in [5.74, 6) is -0.972. The summed E-state index contributed by atoms with van der Waals surface area (Å²) in [6.07, 6.45) is 0. The molecule has 0 aliphatic carbocycles. The number of rotatable bonds is 4. The van der Waals surface area contributed by atoms with E-state index in [-0.39, 0.29) is 6.54 Å². The molecule has 6 heteroatoms. The number of carboxylic acids is 1. The van der Waals surface area contributed by atoms with Gasteiger partial charge in [0.15, 0.2) is 0 Å². The van der Waals surface area contributed by atoms with Crippen LogP contribution >= 0.6 is 11.6 Å². The van der Waals surface area contributed by atoms with E-state index in [0.29, 0.717) is 10.7 Å². The van der Waals surface area contributed by atoms with Crippen molar-refractivity contribution < 1.29 is 14.7 Å². The van der Waals surface area contributed by atoms with Crippen LogP contribution in [0.2, 0.25) is 5.02 Å². The topological polar surface area (TPSA) is 78.4 Å². The molecule has 0 unspecified atom stereocenters. The van der Waals surface area contributed by atoms with Crippen molar-refractivity contribution in [3.63, 3.8) is 0 Å². The molecular formula is C12H15ClN2O3. The van der Waals surface area contributed by atoms with Crippen LogP contribution in [0.15, 0.2) is 24.3 Å². The van der Waals surface area contributed by atoms with Gasteiger partial charge in [0, 0.05) is 6.54 Å². The van der Waals surface area contributed by atoms with Gasteiger partial charge in [0.25, 0.3) is 0 Å². The van der Waals surface area contributed by atoms with Crippen LogP contribution in [0.25, 0.3) is 0 Å². The Balaban J connectivity index is 2.54. The fourth-order valence-corrected chi connectivity index (χ4v) is 1.29. The van der Waals surface area contributed by atoms with E-state index in [0.717, 1.165) is 0 Å². The van der Waals surface area contributed by atoms with Crippen molar-refractivity contribution in [2.75, 3.05) is 11.9 Å². The summed E-state index contributed by atoms with van der Waals surface area (Å²) >= 11 is 5.87. The fourth-order valence-electron chi connectivity index (χ4n) is 1.11. The predicted molar refractivity (Wildman–Crippen MR) is 69.9 cm³/mol. The maximum Gasteiger partial charge on any atom is 0.319 e. The number of anilines is 1. The first-order chi connectivity index (χ1) is 8.33. The van der Waals surface area contributed by atoms with Gasteiger partial charge in [-0.15, -0.1) is 0 Å². The van der Waals surface area contributed by atoms with Crippen LogP contribution in [0.5, 0.6) is 0 Å². The van der Waals surface area contributed by atoms with Crippen molar-refractivity contribution in [3.05, 3.63) is 29.3 Å². The third kappa shape index (κ3) is 3.92. The zero-order valence-corrected chi connectivity index (χ0v) is 10.9. The van der Waals surface area contributed by atoms with Crippen LogP contribution in [-0.2, 0) is 4.79 Å². The van der Waals surface area contributed by atoms with Gasteiger partial charge in [-0.1, -0.05) is 23.7 Å². The van der Waals surface area contributed by atoms with E-state index in [1.54, 1.807) is 24.3 Å². The highest BCUT2D eigenvalue weighted by Gasteiger charge is 2.27. The summed E-state index contributed by atoms with van der Waals surface area (Å²) in [6.45, 7) is 3.09. The van der Waals surface area contributed by atoms with Gasteiger partial charge in [0.1, 0.15) is 0 Å². The van der Waals surface area contributed by atoms with Crippen molar-refractivity contribution >= 4 is 29.3 Å². The molecule has 98 valence electrons. The Bertz CT molecular complexity index is 460. The molecule has 0 fully saturated rings. The van der Waals surface area contributed by atoms with Crippen molar-refractivity contribution in [3.8, 4) is 0 Å². The Labute approximate surface area is 110 Å². The van der Waals surface area contributed by atoms with E-state index in [9.17, 15) is 9.59 Å². The molecule has 0 bridgehead atoms. The summed E-state index contributed by atoms with van der Waals surface area (Å²) in [5, 5.41) is 14.4. The Morgan fingerprint density at radius 3 is 2.50 bits per heavy atom. The molecule has 1 rings (SSSR count). The van der Waals surface area contributed by atoms with Crippen molar-refractivity contribution in [2.24, 2.45) is 5.41 Å². The van der Waals surface area contributed by atoms with Crippen LogP contribution in [0, 0.1) is 5.41 Å². The second-order valence-electron chi connectivity index (χ2n) is 4.48. The largest absolute Gasteiger partial charge is 0.481 e. The predicted octanol–water partition coefficient (Wildman–Crippen LogP) is 2.57. The Hall–Kier alpha value is -1.75. The fraction of sp³-hybridized carbons (Fsp3) is 0.333. The molecule has 5 nitrogen and oxygen atoms in total. The number of benzene rings is 1. The number of urea groups is 1. The number of hydrogen-bond donors (Lipinski definition) is 3. The molecule has 18 heavy (non-hydrogen) atoms. The molecule has 1 aromatic carbocycles. The van der Waals surface area contributed by atoms with Gasteiger partial charge in [-0.05, 0) is 26.0 Å². The number of hydrogen-bond acceptors (Lipinski definition) is 2. The minimum atomic E-state index is -1.02. The molecule has 0 heterocycles. The van der Waals surface area contributed by atoms with Crippen LogP contribution in [-0.4, -0.2) is 23.7 Å². The average Bonchev–Trinajstić information content (AvgIpc) is 2.29. The average molecular weight is 271 g/mol. The summed E-state index contributed by atoms with van der Waals surface area (Å²) in [5.41, 5.74) is -0.539. The SMILES string of the molecule is CC(C)(CNC(=O)Nc1ccccc1Cl)C(=O)O. The smallest absolute Gasteiger partial charge is 0.319 e. The van der Waals surface area contributed by atoms with E-state index in [1.807, 2.05) is 0 Å². The van der Waals surface area contributed by atoms with Gasteiger partial charge < -0.3 is 15.7 Å². The lowest BCUT2D eigenvalue weighted by Gasteiger charge is -2.19.